The van der Waals surface area contributed by atoms with Crippen LogP contribution in [0.2, 0.25) is 0 Å². The number of sulfone groups is 1. The lowest BCUT2D eigenvalue weighted by Crippen LogP contribution is -2.19. The predicted molar refractivity (Wildman–Crippen MR) is 63.3 cm³/mol. The average Bonchev–Trinajstić information content (AvgIpc) is 2.51. The Morgan fingerprint density at radius 2 is 2.24 bits per heavy atom. The van der Waals surface area contributed by atoms with Gasteiger partial charge in [-0.2, -0.15) is 0 Å². The maximum atomic E-state index is 11.5. The Bertz CT molecular complexity index is 518. The van der Waals surface area contributed by atoms with Crippen LogP contribution in [-0.2, 0) is 22.0 Å². The SMILES string of the molecule is Cc1oc2c(c1C(O)CCN)CCS(=O)(=O)C2. The molecule has 0 spiro atoms. The fourth-order valence-corrected chi connectivity index (χ4v) is 3.61. The van der Waals surface area contributed by atoms with E-state index in [-0.39, 0.29) is 11.5 Å². The van der Waals surface area contributed by atoms with Crippen LogP contribution in [0.4, 0.5) is 0 Å². The van der Waals surface area contributed by atoms with Gasteiger partial charge in [0.25, 0.3) is 0 Å². The first-order valence-corrected chi connectivity index (χ1v) is 7.46. The van der Waals surface area contributed by atoms with E-state index in [1.54, 1.807) is 6.92 Å². The highest BCUT2D eigenvalue weighted by molar-refractivity contribution is 7.90. The van der Waals surface area contributed by atoms with Gasteiger partial charge in [-0.05, 0) is 26.3 Å². The highest BCUT2D eigenvalue weighted by atomic mass is 32.2. The first-order valence-electron chi connectivity index (χ1n) is 5.64. The van der Waals surface area contributed by atoms with E-state index in [2.05, 4.69) is 0 Å². The number of nitrogens with two attached hydrogens (primary N) is 1. The fourth-order valence-electron chi connectivity index (χ4n) is 2.32. The lowest BCUT2D eigenvalue weighted by Gasteiger charge is -2.15. The molecule has 96 valence electrons. The minimum atomic E-state index is -3.04. The molecule has 17 heavy (non-hydrogen) atoms. The molecular formula is C11H17NO4S. The molecule has 1 atom stereocenters. The molecule has 1 unspecified atom stereocenters. The summed E-state index contributed by atoms with van der Waals surface area (Å²) in [6.45, 7) is 2.14. The Balaban J connectivity index is 2.40. The maximum absolute atomic E-state index is 11.5. The van der Waals surface area contributed by atoms with Crippen molar-refractivity contribution in [2.75, 3.05) is 12.3 Å². The molecule has 2 rings (SSSR count). The van der Waals surface area contributed by atoms with Gasteiger partial charge in [-0.3, -0.25) is 0 Å². The number of rotatable bonds is 3. The van der Waals surface area contributed by atoms with Gasteiger partial charge in [-0.15, -0.1) is 0 Å². The molecule has 1 aliphatic rings. The second-order valence-electron chi connectivity index (χ2n) is 4.41. The lowest BCUT2D eigenvalue weighted by molar-refractivity contribution is 0.167. The summed E-state index contributed by atoms with van der Waals surface area (Å²) in [4.78, 5) is 0. The van der Waals surface area contributed by atoms with Crippen LogP contribution in [0.3, 0.4) is 0 Å². The zero-order chi connectivity index (χ0) is 12.6. The molecule has 0 aromatic carbocycles. The molecule has 0 amide bonds. The monoisotopic (exact) mass is 259 g/mol. The second-order valence-corrected chi connectivity index (χ2v) is 6.59. The topological polar surface area (TPSA) is 93.5 Å². The molecule has 0 saturated heterocycles. The molecule has 1 aromatic heterocycles. The Kier molecular flexibility index (Phi) is 3.29. The van der Waals surface area contributed by atoms with Crippen molar-refractivity contribution in [1.29, 1.82) is 0 Å². The Hall–Kier alpha value is -0.850. The Morgan fingerprint density at radius 1 is 1.53 bits per heavy atom. The summed E-state index contributed by atoms with van der Waals surface area (Å²) >= 11 is 0. The van der Waals surface area contributed by atoms with Crippen molar-refractivity contribution in [2.24, 2.45) is 5.73 Å². The summed E-state index contributed by atoms with van der Waals surface area (Å²) < 4.78 is 28.4. The van der Waals surface area contributed by atoms with Crippen molar-refractivity contribution in [3.05, 3.63) is 22.6 Å². The van der Waals surface area contributed by atoms with Crippen molar-refractivity contribution in [3.63, 3.8) is 0 Å². The van der Waals surface area contributed by atoms with Gasteiger partial charge in [0.2, 0.25) is 0 Å². The number of aryl methyl sites for hydroxylation is 1. The number of hydrogen-bond donors (Lipinski definition) is 2. The van der Waals surface area contributed by atoms with E-state index >= 15 is 0 Å². The molecule has 0 bridgehead atoms. The van der Waals surface area contributed by atoms with Crippen LogP contribution in [0.5, 0.6) is 0 Å². The molecule has 5 nitrogen and oxygen atoms in total. The van der Waals surface area contributed by atoms with Gasteiger partial charge in [-0.25, -0.2) is 8.42 Å². The van der Waals surface area contributed by atoms with Crippen LogP contribution in [0.1, 0.15) is 35.2 Å². The highest BCUT2D eigenvalue weighted by Gasteiger charge is 2.30. The van der Waals surface area contributed by atoms with E-state index in [0.29, 0.717) is 30.9 Å². The van der Waals surface area contributed by atoms with Crippen LogP contribution in [-0.4, -0.2) is 25.8 Å². The van der Waals surface area contributed by atoms with Crippen LogP contribution >= 0.6 is 0 Å². The third-order valence-corrected chi connectivity index (χ3v) is 4.63. The smallest absolute Gasteiger partial charge is 0.157 e. The van der Waals surface area contributed by atoms with Gasteiger partial charge in [0.05, 0.1) is 11.9 Å². The Morgan fingerprint density at radius 3 is 2.88 bits per heavy atom. The maximum Gasteiger partial charge on any atom is 0.157 e. The molecule has 1 aromatic rings. The number of furan rings is 1. The highest BCUT2D eigenvalue weighted by Crippen LogP contribution is 2.33. The lowest BCUT2D eigenvalue weighted by atomic mass is 9.99. The van der Waals surface area contributed by atoms with Crippen molar-refractivity contribution >= 4 is 9.84 Å². The molecule has 1 aliphatic heterocycles. The zero-order valence-electron chi connectivity index (χ0n) is 9.77. The van der Waals surface area contributed by atoms with Crippen molar-refractivity contribution in [2.45, 2.75) is 31.6 Å². The molecule has 0 saturated carbocycles. The summed E-state index contributed by atoms with van der Waals surface area (Å²) in [5.41, 5.74) is 7.01. The van der Waals surface area contributed by atoms with Crippen LogP contribution in [0.25, 0.3) is 0 Å². The van der Waals surface area contributed by atoms with E-state index < -0.39 is 15.9 Å². The second kappa shape index (κ2) is 4.44. The zero-order valence-corrected chi connectivity index (χ0v) is 10.6. The first kappa shape index (κ1) is 12.6. The number of hydrogen-bond acceptors (Lipinski definition) is 5. The van der Waals surface area contributed by atoms with E-state index in [4.69, 9.17) is 10.2 Å². The average molecular weight is 259 g/mol. The Labute approximate surface area is 101 Å². The van der Waals surface area contributed by atoms with Crippen molar-refractivity contribution in [1.82, 2.24) is 0 Å². The standard InChI is InChI=1S/C11H17NO4S/c1-7-11(9(13)2-4-12)8-3-5-17(14,15)6-10(8)16-7/h9,13H,2-6,12H2,1H3. The molecule has 6 heteroatoms. The number of aliphatic hydroxyl groups is 1. The third kappa shape index (κ3) is 2.38. The molecule has 0 radical (unpaired) electrons. The van der Waals surface area contributed by atoms with Gasteiger partial charge >= 0.3 is 0 Å². The van der Waals surface area contributed by atoms with Gasteiger partial charge in [0, 0.05) is 11.1 Å². The molecule has 2 heterocycles. The minimum absolute atomic E-state index is 0.0570. The van der Waals surface area contributed by atoms with Gasteiger partial charge in [0.15, 0.2) is 9.84 Å². The van der Waals surface area contributed by atoms with E-state index in [1.165, 1.54) is 0 Å². The summed E-state index contributed by atoms with van der Waals surface area (Å²) in [7, 11) is -3.04. The summed E-state index contributed by atoms with van der Waals surface area (Å²) in [5.74, 6) is 1.16. The largest absolute Gasteiger partial charge is 0.465 e. The van der Waals surface area contributed by atoms with E-state index in [0.717, 1.165) is 11.1 Å². The molecule has 0 aliphatic carbocycles. The van der Waals surface area contributed by atoms with E-state index in [9.17, 15) is 13.5 Å². The fraction of sp³-hybridized carbons (Fsp3) is 0.636. The summed E-state index contributed by atoms with van der Waals surface area (Å²) in [6, 6.07) is 0. The predicted octanol–water partition coefficient (Wildman–Crippen LogP) is 0.441. The third-order valence-electron chi connectivity index (χ3n) is 3.10. The first-order chi connectivity index (χ1) is 7.94. The van der Waals surface area contributed by atoms with Crippen molar-refractivity contribution in [3.8, 4) is 0 Å². The molecular weight excluding hydrogens is 242 g/mol. The van der Waals surface area contributed by atoms with Crippen molar-refractivity contribution < 1.29 is 17.9 Å². The van der Waals surface area contributed by atoms with Gasteiger partial charge in [-0.1, -0.05) is 0 Å². The molecule has 3 N–H and O–H groups in total. The van der Waals surface area contributed by atoms with Crippen LogP contribution < -0.4 is 5.73 Å². The summed E-state index contributed by atoms with van der Waals surface area (Å²) in [6.07, 6.45) is 0.222. The number of fused-ring (bicyclic) bond motifs is 1. The quantitative estimate of drug-likeness (QED) is 0.821. The normalized spacial score (nSPS) is 19.9. The summed E-state index contributed by atoms with van der Waals surface area (Å²) in [5, 5.41) is 9.99. The number of aliphatic hydroxyl groups excluding tert-OH is 1. The van der Waals surface area contributed by atoms with Crippen LogP contribution in [0, 0.1) is 6.92 Å². The van der Waals surface area contributed by atoms with Crippen LogP contribution in [0.15, 0.2) is 4.42 Å². The minimum Gasteiger partial charge on any atom is -0.465 e. The van der Waals surface area contributed by atoms with Gasteiger partial charge < -0.3 is 15.3 Å². The molecule has 0 fully saturated rings. The van der Waals surface area contributed by atoms with E-state index in [1.807, 2.05) is 0 Å². The van der Waals surface area contributed by atoms with Gasteiger partial charge in [0.1, 0.15) is 17.3 Å².